The molecule has 0 bridgehead atoms. The van der Waals surface area contributed by atoms with Crippen LogP contribution in [0.3, 0.4) is 0 Å². The van der Waals surface area contributed by atoms with Crippen molar-refractivity contribution in [2.75, 3.05) is 18.5 Å². The van der Waals surface area contributed by atoms with Crippen LogP contribution in [0.4, 0.5) is 5.69 Å². The van der Waals surface area contributed by atoms with Gasteiger partial charge in [-0.05, 0) is 32.4 Å². The molecule has 2 aromatic carbocycles. The van der Waals surface area contributed by atoms with Gasteiger partial charge in [-0.2, -0.15) is 5.10 Å². The number of benzene rings is 2. The van der Waals surface area contributed by atoms with E-state index >= 15 is 0 Å². The molecule has 3 aromatic rings. The highest BCUT2D eigenvalue weighted by Gasteiger charge is 2.16. The van der Waals surface area contributed by atoms with Crippen molar-refractivity contribution in [2.24, 2.45) is 0 Å². The maximum atomic E-state index is 12.5. The molecule has 0 spiro atoms. The van der Waals surface area contributed by atoms with Gasteiger partial charge in [0.15, 0.2) is 11.5 Å². The molecule has 1 aliphatic rings. The van der Waals surface area contributed by atoms with E-state index < -0.39 is 0 Å². The molecule has 0 radical (unpaired) electrons. The largest absolute Gasteiger partial charge is 0.486 e. The normalized spacial score (nSPS) is 12.9. The first kappa shape index (κ1) is 21.0. The molecule has 0 unspecified atom stereocenters. The topological polar surface area (TPSA) is 65.4 Å². The van der Waals surface area contributed by atoms with Crippen molar-refractivity contribution in [3.05, 3.63) is 75.6 Å². The van der Waals surface area contributed by atoms with Gasteiger partial charge in [-0.3, -0.25) is 9.48 Å². The fourth-order valence-corrected chi connectivity index (χ4v) is 3.67. The van der Waals surface area contributed by atoms with E-state index in [9.17, 15) is 4.79 Å². The summed E-state index contributed by atoms with van der Waals surface area (Å²) in [6.07, 6.45) is 3.27. The van der Waals surface area contributed by atoms with Gasteiger partial charge in [-0.1, -0.05) is 41.4 Å². The van der Waals surface area contributed by atoms with Crippen molar-refractivity contribution in [3.63, 3.8) is 0 Å². The van der Waals surface area contributed by atoms with Gasteiger partial charge >= 0.3 is 0 Å². The number of fused-ring (bicyclic) bond motifs is 1. The molecule has 7 heteroatoms. The first-order valence-electron chi connectivity index (χ1n) is 10.1. The minimum Gasteiger partial charge on any atom is -0.486 e. The molecule has 31 heavy (non-hydrogen) atoms. The predicted molar refractivity (Wildman–Crippen MR) is 122 cm³/mol. The molecule has 160 valence electrons. The summed E-state index contributed by atoms with van der Waals surface area (Å²) in [7, 11) is 0. The number of ether oxygens (including phenoxy) is 2. The number of nitrogens with one attached hydrogen (secondary N) is 1. The van der Waals surface area contributed by atoms with Gasteiger partial charge in [0.2, 0.25) is 5.91 Å². The van der Waals surface area contributed by atoms with E-state index in [2.05, 4.69) is 41.6 Å². The fourth-order valence-electron chi connectivity index (χ4n) is 3.47. The first-order valence-corrected chi connectivity index (χ1v) is 10.5. The van der Waals surface area contributed by atoms with E-state index in [1.807, 2.05) is 18.5 Å². The minimum absolute atomic E-state index is 0.288. The number of aryl methyl sites for hydroxylation is 2. The van der Waals surface area contributed by atoms with Crippen LogP contribution >= 0.6 is 11.6 Å². The average molecular weight is 438 g/mol. The van der Waals surface area contributed by atoms with Crippen molar-refractivity contribution in [1.82, 2.24) is 9.78 Å². The van der Waals surface area contributed by atoms with Crippen molar-refractivity contribution in [1.29, 1.82) is 0 Å². The van der Waals surface area contributed by atoms with E-state index in [1.54, 1.807) is 18.2 Å². The molecule has 6 nitrogen and oxygen atoms in total. The quantitative estimate of drug-likeness (QED) is 0.574. The smallest absolute Gasteiger partial charge is 0.248 e. The van der Waals surface area contributed by atoms with Crippen molar-refractivity contribution >= 4 is 29.3 Å². The Bertz CT molecular complexity index is 1150. The Morgan fingerprint density at radius 3 is 2.52 bits per heavy atom. The van der Waals surface area contributed by atoms with E-state index in [4.69, 9.17) is 21.1 Å². The van der Waals surface area contributed by atoms with Gasteiger partial charge < -0.3 is 14.8 Å². The number of halogens is 1. The molecule has 0 atom stereocenters. The second-order valence-corrected chi connectivity index (χ2v) is 7.93. The molecule has 1 amide bonds. The van der Waals surface area contributed by atoms with Gasteiger partial charge in [-0.25, -0.2) is 0 Å². The zero-order valence-electron chi connectivity index (χ0n) is 17.7. The van der Waals surface area contributed by atoms with Crippen LogP contribution in [-0.4, -0.2) is 28.9 Å². The molecule has 4 rings (SSSR count). The zero-order valence-corrected chi connectivity index (χ0v) is 18.5. The van der Waals surface area contributed by atoms with E-state index in [0.717, 1.165) is 17.0 Å². The Morgan fingerprint density at radius 1 is 1.13 bits per heavy atom. The summed E-state index contributed by atoms with van der Waals surface area (Å²) in [5.74, 6) is 0.861. The van der Waals surface area contributed by atoms with Gasteiger partial charge in [0.05, 0.1) is 22.9 Å². The summed E-state index contributed by atoms with van der Waals surface area (Å²) < 4.78 is 13.0. The fraction of sp³-hybridized carbons (Fsp3) is 0.250. The molecule has 1 aromatic heterocycles. The Labute approximate surface area is 186 Å². The summed E-state index contributed by atoms with van der Waals surface area (Å²) in [4.78, 5) is 12.5. The number of amides is 1. The van der Waals surface area contributed by atoms with Crippen LogP contribution in [0.5, 0.6) is 11.5 Å². The standard InChI is InChI=1S/C24H24ClN3O3/c1-15-4-6-18(7-5-15)14-28-17(3)19(16(2)27-28)8-9-24(29)26-21-13-23-22(12-20(21)25)30-10-11-31-23/h4-9,12-13H,10-11,14H2,1-3H3,(H,26,29)/b9-8+. The molecular formula is C24H24ClN3O3. The molecule has 0 fully saturated rings. The van der Waals surface area contributed by atoms with Crippen LogP contribution in [0.15, 0.2) is 42.5 Å². The number of nitrogens with zero attached hydrogens (tertiary/aromatic N) is 2. The lowest BCUT2D eigenvalue weighted by atomic mass is 10.1. The van der Waals surface area contributed by atoms with Crippen LogP contribution in [0, 0.1) is 20.8 Å². The van der Waals surface area contributed by atoms with E-state index in [1.165, 1.54) is 17.2 Å². The zero-order chi connectivity index (χ0) is 22.0. The number of rotatable bonds is 5. The first-order chi connectivity index (χ1) is 14.9. The van der Waals surface area contributed by atoms with Crippen molar-refractivity contribution in [2.45, 2.75) is 27.3 Å². The minimum atomic E-state index is -0.288. The van der Waals surface area contributed by atoms with E-state index in [-0.39, 0.29) is 5.91 Å². The van der Waals surface area contributed by atoms with Crippen molar-refractivity contribution < 1.29 is 14.3 Å². The lowest BCUT2D eigenvalue weighted by molar-refractivity contribution is -0.111. The molecular weight excluding hydrogens is 414 g/mol. The van der Waals surface area contributed by atoms with Gasteiger partial charge in [-0.15, -0.1) is 0 Å². The molecule has 2 heterocycles. The maximum absolute atomic E-state index is 12.5. The summed E-state index contributed by atoms with van der Waals surface area (Å²) in [5, 5.41) is 7.83. The molecule has 0 saturated heterocycles. The SMILES string of the molecule is Cc1ccc(Cn2nc(C)c(/C=C/C(=O)Nc3cc4c(cc3Cl)OCCO4)c2C)cc1. The predicted octanol–water partition coefficient (Wildman–Crippen LogP) is 4.93. The summed E-state index contributed by atoms with van der Waals surface area (Å²) in [6.45, 7) is 7.64. The van der Waals surface area contributed by atoms with Gasteiger partial charge in [0.1, 0.15) is 13.2 Å². The van der Waals surface area contributed by atoms with Crippen LogP contribution in [0.1, 0.15) is 28.1 Å². The number of anilines is 1. The summed E-state index contributed by atoms with van der Waals surface area (Å²) in [5.41, 5.74) is 5.67. The van der Waals surface area contributed by atoms with Crippen molar-refractivity contribution in [3.8, 4) is 11.5 Å². The second kappa shape index (κ2) is 8.86. The van der Waals surface area contributed by atoms with Crippen LogP contribution in [0.25, 0.3) is 6.08 Å². The number of hydrogen-bond donors (Lipinski definition) is 1. The molecule has 0 saturated carbocycles. The Kier molecular flexibility index (Phi) is 6.00. The third kappa shape index (κ3) is 4.75. The maximum Gasteiger partial charge on any atom is 0.248 e. The third-order valence-electron chi connectivity index (χ3n) is 5.18. The molecule has 1 aliphatic heterocycles. The number of hydrogen-bond acceptors (Lipinski definition) is 4. The average Bonchev–Trinajstić information content (AvgIpc) is 3.01. The number of aromatic nitrogens is 2. The lowest BCUT2D eigenvalue weighted by Crippen LogP contribution is -2.16. The monoisotopic (exact) mass is 437 g/mol. The molecule has 1 N–H and O–H groups in total. The highest BCUT2D eigenvalue weighted by atomic mass is 35.5. The lowest BCUT2D eigenvalue weighted by Gasteiger charge is -2.19. The highest BCUT2D eigenvalue weighted by molar-refractivity contribution is 6.34. The Morgan fingerprint density at radius 2 is 1.81 bits per heavy atom. The Hall–Kier alpha value is -3.25. The third-order valence-corrected chi connectivity index (χ3v) is 5.49. The Balaban J connectivity index is 1.48. The number of carbonyl (C=O) groups is 1. The summed E-state index contributed by atoms with van der Waals surface area (Å²) >= 11 is 6.28. The van der Waals surface area contributed by atoms with Crippen LogP contribution in [0.2, 0.25) is 5.02 Å². The second-order valence-electron chi connectivity index (χ2n) is 7.53. The van der Waals surface area contributed by atoms with Gasteiger partial charge in [0, 0.05) is 29.5 Å². The number of carbonyl (C=O) groups excluding carboxylic acids is 1. The van der Waals surface area contributed by atoms with Crippen LogP contribution < -0.4 is 14.8 Å². The molecule has 0 aliphatic carbocycles. The van der Waals surface area contributed by atoms with Gasteiger partial charge in [0.25, 0.3) is 0 Å². The van der Waals surface area contributed by atoms with Crippen LogP contribution in [-0.2, 0) is 11.3 Å². The van der Waals surface area contributed by atoms with E-state index in [0.29, 0.717) is 42.0 Å². The highest BCUT2D eigenvalue weighted by Crippen LogP contribution is 2.38. The summed E-state index contributed by atoms with van der Waals surface area (Å²) in [6, 6.07) is 11.7.